The van der Waals surface area contributed by atoms with Gasteiger partial charge in [0.15, 0.2) is 0 Å². The summed E-state index contributed by atoms with van der Waals surface area (Å²) in [6, 6.07) is 3.23. The highest BCUT2D eigenvalue weighted by atomic mass is 79.9. The molecule has 3 N–H and O–H groups in total. The van der Waals surface area contributed by atoms with E-state index in [0.717, 1.165) is 12.8 Å². The van der Waals surface area contributed by atoms with E-state index in [4.69, 9.17) is 5.73 Å². The fourth-order valence-electron chi connectivity index (χ4n) is 1.95. The number of nitrogens with two attached hydrogens (primary N) is 1. The Balaban J connectivity index is 2.34. The molecule has 1 aliphatic rings. The number of halogens is 1. The molecule has 0 saturated carbocycles. The van der Waals surface area contributed by atoms with Gasteiger partial charge in [-0.3, -0.25) is 0 Å². The third-order valence-corrected chi connectivity index (χ3v) is 5.09. The van der Waals surface area contributed by atoms with Crippen molar-refractivity contribution >= 4 is 31.6 Å². The number of sulfonamides is 1. The highest BCUT2D eigenvalue weighted by Crippen LogP contribution is 2.27. The SMILES string of the molecule is Cc1c(N)cc(Br)cc1S(=O)(=O)NC1CC=CC1. The van der Waals surface area contributed by atoms with Crippen molar-refractivity contribution in [3.8, 4) is 0 Å². The molecule has 18 heavy (non-hydrogen) atoms. The number of hydrogen-bond acceptors (Lipinski definition) is 3. The predicted octanol–water partition coefficient (Wildman–Crippen LogP) is 2.34. The summed E-state index contributed by atoms with van der Waals surface area (Å²) in [5.74, 6) is 0. The summed E-state index contributed by atoms with van der Waals surface area (Å²) in [5, 5.41) is 0. The van der Waals surface area contributed by atoms with Gasteiger partial charge in [0.2, 0.25) is 10.0 Å². The van der Waals surface area contributed by atoms with E-state index in [1.807, 2.05) is 12.2 Å². The Bertz CT molecular complexity index is 588. The number of benzene rings is 1. The van der Waals surface area contributed by atoms with Crippen LogP contribution in [0.5, 0.6) is 0 Å². The van der Waals surface area contributed by atoms with Crippen LogP contribution in [-0.4, -0.2) is 14.5 Å². The van der Waals surface area contributed by atoms with E-state index in [9.17, 15) is 8.42 Å². The van der Waals surface area contributed by atoms with Crippen molar-refractivity contribution in [2.75, 3.05) is 5.73 Å². The maximum Gasteiger partial charge on any atom is 0.241 e. The molecule has 0 heterocycles. The van der Waals surface area contributed by atoms with Gasteiger partial charge in [0, 0.05) is 16.2 Å². The van der Waals surface area contributed by atoms with Crippen molar-refractivity contribution < 1.29 is 8.42 Å². The van der Waals surface area contributed by atoms with Gasteiger partial charge in [0.05, 0.1) is 4.90 Å². The van der Waals surface area contributed by atoms with Crippen LogP contribution in [0.25, 0.3) is 0 Å². The molecule has 1 aliphatic carbocycles. The largest absolute Gasteiger partial charge is 0.398 e. The van der Waals surface area contributed by atoms with E-state index in [2.05, 4.69) is 20.7 Å². The lowest BCUT2D eigenvalue weighted by Crippen LogP contribution is -2.33. The minimum Gasteiger partial charge on any atom is -0.398 e. The van der Waals surface area contributed by atoms with Gasteiger partial charge in [0.25, 0.3) is 0 Å². The number of nitrogen functional groups attached to an aromatic ring is 1. The molecule has 0 saturated heterocycles. The van der Waals surface area contributed by atoms with Crippen molar-refractivity contribution in [3.63, 3.8) is 0 Å². The van der Waals surface area contributed by atoms with Crippen LogP contribution in [0.15, 0.2) is 33.7 Å². The summed E-state index contributed by atoms with van der Waals surface area (Å²) in [6.07, 6.45) is 5.44. The molecule has 1 aromatic carbocycles. The summed E-state index contributed by atoms with van der Waals surface area (Å²) in [4.78, 5) is 0.237. The quantitative estimate of drug-likeness (QED) is 0.660. The molecular formula is C12H15BrN2O2S. The second-order valence-electron chi connectivity index (χ2n) is 4.38. The Morgan fingerprint density at radius 2 is 1.94 bits per heavy atom. The van der Waals surface area contributed by atoms with Gasteiger partial charge in [-0.2, -0.15) is 0 Å². The maximum atomic E-state index is 12.3. The van der Waals surface area contributed by atoms with Crippen LogP contribution in [0.3, 0.4) is 0 Å². The van der Waals surface area contributed by atoms with Crippen LogP contribution in [0.1, 0.15) is 18.4 Å². The highest BCUT2D eigenvalue weighted by Gasteiger charge is 2.23. The number of rotatable bonds is 3. The minimum absolute atomic E-state index is 0.0467. The molecular weight excluding hydrogens is 316 g/mol. The van der Waals surface area contributed by atoms with Crippen LogP contribution in [0, 0.1) is 6.92 Å². The third-order valence-electron chi connectivity index (χ3n) is 2.98. The molecule has 0 amide bonds. The fourth-order valence-corrected chi connectivity index (χ4v) is 4.14. The first-order valence-electron chi connectivity index (χ1n) is 5.63. The Hall–Kier alpha value is -0.850. The van der Waals surface area contributed by atoms with E-state index < -0.39 is 10.0 Å². The summed E-state index contributed by atoms with van der Waals surface area (Å²) in [6.45, 7) is 1.71. The van der Waals surface area contributed by atoms with E-state index in [-0.39, 0.29) is 10.9 Å². The van der Waals surface area contributed by atoms with Crippen LogP contribution < -0.4 is 10.5 Å². The standard InChI is InChI=1S/C12H15BrN2O2S/c1-8-11(14)6-9(13)7-12(8)18(16,17)15-10-4-2-3-5-10/h2-3,6-7,10,15H,4-5,14H2,1H3. The van der Waals surface area contributed by atoms with Crippen molar-refractivity contribution in [1.29, 1.82) is 0 Å². The molecule has 0 radical (unpaired) electrons. The minimum atomic E-state index is -3.52. The molecule has 2 rings (SSSR count). The first kappa shape index (κ1) is 13.6. The zero-order chi connectivity index (χ0) is 13.3. The predicted molar refractivity (Wildman–Crippen MR) is 75.8 cm³/mol. The molecule has 0 aromatic heterocycles. The molecule has 0 bridgehead atoms. The van der Waals surface area contributed by atoms with E-state index in [1.54, 1.807) is 19.1 Å². The Labute approximate surface area is 115 Å². The number of anilines is 1. The molecule has 0 atom stereocenters. The van der Waals surface area contributed by atoms with E-state index >= 15 is 0 Å². The Morgan fingerprint density at radius 3 is 2.56 bits per heavy atom. The lowest BCUT2D eigenvalue weighted by Gasteiger charge is -2.15. The third kappa shape index (κ3) is 2.76. The fraction of sp³-hybridized carbons (Fsp3) is 0.333. The zero-order valence-electron chi connectivity index (χ0n) is 9.98. The van der Waals surface area contributed by atoms with Crippen molar-refractivity contribution in [1.82, 2.24) is 4.72 Å². The average molecular weight is 331 g/mol. The molecule has 0 spiro atoms. The van der Waals surface area contributed by atoms with Crippen LogP contribution >= 0.6 is 15.9 Å². The summed E-state index contributed by atoms with van der Waals surface area (Å²) < 4.78 is 28.0. The van der Waals surface area contributed by atoms with Gasteiger partial charge >= 0.3 is 0 Å². The van der Waals surface area contributed by atoms with E-state index in [0.29, 0.717) is 15.7 Å². The molecule has 0 fully saturated rings. The topological polar surface area (TPSA) is 72.2 Å². The van der Waals surface area contributed by atoms with Gasteiger partial charge < -0.3 is 5.73 Å². The van der Waals surface area contributed by atoms with Crippen LogP contribution in [-0.2, 0) is 10.0 Å². The molecule has 4 nitrogen and oxygen atoms in total. The first-order valence-corrected chi connectivity index (χ1v) is 7.91. The van der Waals surface area contributed by atoms with Gasteiger partial charge in [-0.05, 0) is 37.5 Å². The Morgan fingerprint density at radius 1 is 1.33 bits per heavy atom. The normalized spacial score (nSPS) is 16.3. The van der Waals surface area contributed by atoms with Gasteiger partial charge in [0.1, 0.15) is 0 Å². The monoisotopic (exact) mass is 330 g/mol. The summed E-state index contributed by atoms with van der Waals surface area (Å²) in [7, 11) is -3.52. The van der Waals surface area contributed by atoms with Crippen molar-refractivity contribution in [3.05, 3.63) is 34.3 Å². The zero-order valence-corrected chi connectivity index (χ0v) is 12.4. The summed E-state index contributed by atoms with van der Waals surface area (Å²) >= 11 is 3.27. The molecule has 6 heteroatoms. The van der Waals surface area contributed by atoms with Gasteiger partial charge in [-0.1, -0.05) is 28.1 Å². The lowest BCUT2D eigenvalue weighted by atomic mass is 10.2. The maximum absolute atomic E-state index is 12.3. The molecule has 98 valence electrons. The lowest BCUT2D eigenvalue weighted by molar-refractivity contribution is 0.557. The second-order valence-corrected chi connectivity index (χ2v) is 6.98. The number of hydrogen-bond donors (Lipinski definition) is 2. The smallest absolute Gasteiger partial charge is 0.241 e. The average Bonchev–Trinajstić information content (AvgIpc) is 2.75. The Kier molecular flexibility index (Phi) is 3.79. The second kappa shape index (κ2) is 5.03. The highest BCUT2D eigenvalue weighted by molar-refractivity contribution is 9.10. The van der Waals surface area contributed by atoms with E-state index in [1.165, 1.54) is 0 Å². The summed E-state index contributed by atoms with van der Waals surface area (Å²) in [5.41, 5.74) is 6.84. The molecule has 0 aliphatic heterocycles. The first-order chi connectivity index (χ1) is 8.40. The van der Waals surface area contributed by atoms with Crippen LogP contribution in [0.2, 0.25) is 0 Å². The van der Waals surface area contributed by atoms with Gasteiger partial charge in [-0.25, -0.2) is 13.1 Å². The van der Waals surface area contributed by atoms with Gasteiger partial charge in [-0.15, -0.1) is 0 Å². The molecule has 1 aromatic rings. The van der Waals surface area contributed by atoms with Crippen LogP contribution in [0.4, 0.5) is 5.69 Å². The van der Waals surface area contributed by atoms with Crippen molar-refractivity contribution in [2.45, 2.75) is 30.7 Å². The van der Waals surface area contributed by atoms with Crippen molar-refractivity contribution in [2.24, 2.45) is 0 Å². The number of nitrogens with one attached hydrogen (secondary N) is 1. The molecule has 0 unspecified atom stereocenters.